The summed E-state index contributed by atoms with van der Waals surface area (Å²) in [7, 11) is -1.52. The monoisotopic (exact) mass is 375 g/mol. The van der Waals surface area contributed by atoms with Crippen molar-refractivity contribution in [3.63, 3.8) is 0 Å². The number of aromatic nitrogens is 5. The van der Waals surface area contributed by atoms with Crippen LogP contribution in [0.4, 0.5) is 0 Å². The van der Waals surface area contributed by atoms with Crippen LogP contribution >= 0.6 is 11.3 Å². The summed E-state index contributed by atoms with van der Waals surface area (Å²) in [4.78, 5) is 0.863. The molecule has 0 aliphatic carbocycles. The van der Waals surface area contributed by atoms with Crippen molar-refractivity contribution in [1.82, 2.24) is 24.8 Å². The van der Waals surface area contributed by atoms with E-state index >= 15 is 0 Å². The Bertz CT molecular complexity index is 1280. The number of thiazole rings is 1. The van der Waals surface area contributed by atoms with E-state index in [-0.39, 0.29) is 0 Å². The number of rotatable bonds is 2. The maximum atomic E-state index is 4.50. The van der Waals surface area contributed by atoms with Gasteiger partial charge in [-0.2, -0.15) is 5.10 Å². The molecular weight excluding hydrogens is 358 g/mol. The maximum absolute atomic E-state index is 4.50. The summed E-state index contributed by atoms with van der Waals surface area (Å²) in [6.07, 6.45) is 3.51. The Morgan fingerprint density at radius 3 is 2.69 bits per heavy atom. The minimum absolute atomic E-state index is 0.863. The normalized spacial score (nSPS) is 12.4. The average molecular weight is 376 g/mol. The second kappa shape index (κ2) is 5.42. The van der Waals surface area contributed by atoms with E-state index in [1.54, 1.807) is 23.9 Å². The Labute approximate surface area is 155 Å². The summed E-state index contributed by atoms with van der Waals surface area (Å²) in [5.74, 6) is 0. The maximum Gasteiger partial charge on any atom is 0.217 e. The van der Waals surface area contributed by atoms with E-state index in [1.165, 1.54) is 16.0 Å². The first kappa shape index (κ1) is 15.6. The quantitative estimate of drug-likeness (QED) is 0.436. The molecule has 5 rings (SSSR count). The van der Waals surface area contributed by atoms with Gasteiger partial charge in [0.15, 0.2) is 0 Å². The summed E-state index contributed by atoms with van der Waals surface area (Å²) in [6.45, 7) is 7.15. The molecule has 7 heteroatoms. The molecule has 0 unspecified atom stereocenters. The lowest BCUT2D eigenvalue weighted by Crippen LogP contribution is -2.38. The molecule has 3 aromatic heterocycles. The Morgan fingerprint density at radius 2 is 1.85 bits per heavy atom. The number of fused-ring (bicyclic) bond motifs is 4. The third-order valence-electron chi connectivity index (χ3n) is 4.70. The van der Waals surface area contributed by atoms with Crippen LogP contribution < -0.4 is 5.19 Å². The van der Waals surface area contributed by atoms with Crippen LogP contribution in [0, 0.1) is 0 Å². The highest BCUT2D eigenvalue weighted by atomic mass is 32.1. The molecular formula is C19H17N5SSi. The van der Waals surface area contributed by atoms with Crippen LogP contribution in [0.5, 0.6) is 0 Å². The molecule has 0 spiro atoms. The van der Waals surface area contributed by atoms with Gasteiger partial charge in [0.25, 0.3) is 0 Å². The van der Waals surface area contributed by atoms with E-state index in [9.17, 15) is 0 Å². The third kappa shape index (κ3) is 2.28. The molecule has 5 aromatic rings. The minimum atomic E-state index is -1.52. The standard InChI is InChI=1S/C19H17N5SSi/c1-26(2,3)16-9-13(8-12-6-4-5-7-14(12)16)17-18-15(10-20-22-17)24-11-21-23-19(24)25-18/h4-11H,1-3H3. The number of hydrogen-bond acceptors (Lipinski definition) is 5. The molecule has 128 valence electrons. The molecule has 0 aliphatic rings. The molecule has 0 aliphatic heterocycles. The van der Waals surface area contributed by atoms with Crippen molar-refractivity contribution < 1.29 is 0 Å². The van der Waals surface area contributed by atoms with Gasteiger partial charge in [-0.3, -0.25) is 4.40 Å². The van der Waals surface area contributed by atoms with Gasteiger partial charge in [0.2, 0.25) is 4.96 Å². The Hall–Kier alpha value is -2.64. The zero-order valence-electron chi connectivity index (χ0n) is 14.8. The van der Waals surface area contributed by atoms with Crippen molar-refractivity contribution in [1.29, 1.82) is 0 Å². The van der Waals surface area contributed by atoms with E-state index in [1.807, 2.05) is 4.40 Å². The SMILES string of the molecule is C[Si](C)(C)c1cc(-c2nncc3c2sc2nncn23)cc2ccccc12. The van der Waals surface area contributed by atoms with Crippen LogP contribution in [0.1, 0.15) is 0 Å². The topological polar surface area (TPSA) is 56.0 Å². The predicted molar refractivity (Wildman–Crippen MR) is 110 cm³/mol. The van der Waals surface area contributed by atoms with Crippen LogP contribution in [0.3, 0.4) is 0 Å². The summed E-state index contributed by atoms with van der Waals surface area (Å²) < 4.78 is 3.07. The number of hydrogen-bond donors (Lipinski definition) is 0. The van der Waals surface area contributed by atoms with Gasteiger partial charge in [0.1, 0.15) is 12.0 Å². The van der Waals surface area contributed by atoms with Gasteiger partial charge < -0.3 is 0 Å². The molecule has 0 bridgehead atoms. The third-order valence-corrected chi connectivity index (χ3v) is 7.80. The average Bonchev–Trinajstić information content (AvgIpc) is 3.21. The van der Waals surface area contributed by atoms with Gasteiger partial charge in [0, 0.05) is 5.56 Å². The van der Waals surface area contributed by atoms with E-state index in [4.69, 9.17) is 0 Å². The Kier molecular flexibility index (Phi) is 3.25. The largest absolute Gasteiger partial charge is 0.270 e. The van der Waals surface area contributed by atoms with Gasteiger partial charge >= 0.3 is 0 Å². The first-order chi connectivity index (χ1) is 12.5. The Morgan fingerprint density at radius 1 is 1.00 bits per heavy atom. The van der Waals surface area contributed by atoms with Gasteiger partial charge in [-0.05, 0) is 16.8 Å². The first-order valence-corrected chi connectivity index (χ1v) is 12.8. The summed E-state index contributed by atoms with van der Waals surface area (Å²) >= 11 is 1.61. The van der Waals surface area contributed by atoms with Crippen LogP contribution in [-0.4, -0.2) is 32.9 Å². The molecule has 2 aromatic carbocycles. The van der Waals surface area contributed by atoms with Crippen molar-refractivity contribution in [3.05, 3.63) is 48.9 Å². The van der Waals surface area contributed by atoms with Gasteiger partial charge in [-0.15, -0.1) is 15.3 Å². The summed E-state index contributed by atoms with van der Waals surface area (Å²) in [6, 6.07) is 13.2. The van der Waals surface area contributed by atoms with E-state index in [2.05, 4.69) is 76.4 Å². The molecule has 0 N–H and O–H groups in total. The fourth-order valence-corrected chi connectivity index (χ4v) is 6.10. The van der Waals surface area contributed by atoms with E-state index in [0.29, 0.717) is 0 Å². The highest BCUT2D eigenvalue weighted by Crippen LogP contribution is 2.33. The Balaban J connectivity index is 1.86. The number of benzene rings is 2. The van der Waals surface area contributed by atoms with Crippen molar-refractivity contribution in [2.45, 2.75) is 19.6 Å². The fourth-order valence-electron chi connectivity index (χ4n) is 3.45. The van der Waals surface area contributed by atoms with Crippen molar-refractivity contribution >= 4 is 50.5 Å². The molecule has 0 saturated heterocycles. The molecule has 0 radical (unpaired) electrons. The summed E-state index contributed by atoms with van der Waals surface area (Å²) in [5.41, 5.74) is 3.04. The highest BCUT2D eigenvalue weighted by molar-refractivity contribution is 7.24. The second-order valence-electron chi connectivity index (χ2n) is 7.49. The van der Waals surface area contributed by atoms with Crippen molar-refractivity contribution in [2.24, 2.45) is 0 Å². The van der Waals surface area contributed by atoms with E-state index in [0.717, 1.165) is 26.4 Å². The van der Waals surface area contributed by atoms with Crippen LogP contribution in [0.15, 0.2) is 48.9 Å². The second-order valence-corrected chi connectivity index (χ2v) is 13.5. The zero-order valence-corrected chi connectivity index (χ0v) is 16.6. The van der Waals surface area contributed by atoms with Crippen molar-refractivity contribution in [3.8, 4) is 11.3 Å². The van der Waals surface area contributed by atoms with E-state index < -0.39 is 8.07 Å². The van der Waals surface area contributed by atoms with Crippen LogP contribution in [0.2, 0.25) is 19.6 Å². The van der Waals surface area contributed by atoms with Gasteiger partial charge in [-0.1, -0.05) is 66.5 Å². The van der Waals surface area contributed by atoms with Crippen molar-refractivity contribution in [2.75, 3.05) is 0 Å². The highest BCUT2D eigenvalue weighted by Gasteiger charge is 2.22. The molecule has 0 amide bonds. The summed E-state index contributed by atoms with van der Waals surface area (Å²) in [5, 5.41) is 21.0. The van der Waals surface area contributed by atoms with Gasteiger partial charge in [0.05, 0.1) is 24.5 Å². The fraction of sp³-hybridized carbons (Fsp3) is 0.158. The lowest BCUT2D eigenvalue weighted by molar-refractivity contribution is 1.05. The van der Waals surface area contributed by atoms with Crippen LogP contribution in [0.25, 0.3) is 37.2 Å². The molecule has 26 heavy (non-hydrogen) atoms. The lowest BCUT2D eigenvalue weighted by Gasteiger charge is -2.20. The molecule has 0 atom stereocenters. The lowest BCUT2D eigenvalue weighted by atomic mass is 10.0. The minimum Gasteiger partial charge on any atom is -0.270 e. The van der Waals surface area contributed by atoms with Crippen LogP contribution in [-0.2, 0) is 0 Å². The number of nitrogens with zero attached hydrogens (tertiary/aromatic N) is 5. The molecule has 0 fully saturated rings. The zero-order chi connectivity index (χ0) is 17.9. The molecule has 0 saturated carbocycles. The molecule has 5 nitrogen and oxygen atoms in total. The smallest absolute Gasteiger partial charge is 0.217 e. The predicted octanol–water partition coefficient (Wildman–Crippen LogP) is 4.10. The first-order valence-electron chi connectivity index (χ1n) is 8.50. The van der Waals surface area contributed by atoms with Gasteiger partial charge in [-0.25, -0.2) is 0 Å². The molecule has 3 heterocycles.